The van der Waals surface area contributed by atoms with Crippen molar-refractivity contribution in [3.05, 3.63) is 0 Å². The van der Waals surface area contributed by atoms with Gasteiger partial charge in [-0.05, 0) is 13.8 Å². The molecule has 1 aliphatic heterocycles. The average Bonchev–Trinajstić information content (AvgIpc) is 2.24. The zero-order valence-electron chi connectivity index (χ0n) is 12.1. The Balaban J connectivity index is 3.14. The standard InChI is InChI=1S/C11H19NO7S2/c1-11(2,20(3,16)17)10(15)12-4-5-21(18,19)7-8(12)6-9(13)14/h8H,4-7H2,1-3H3,(H,13,14). The number of carbonyl (C=O) groups excluding carboxylic acids is 1. The maximum Gasteiger partial charge on any atom is 0.305 e. The van der Waals surface area contributed by atoms with Crippen LogP contribution in [0, 0.1) is 0 Å². The molecule has 122 valence electrons. The first-order chi connectivity index (χ1) is 9.28. The van der Waals surface area contributed by atoms with E-state index in [1.807, 2.05) is 0 Å². The molecule has 1 aliphatic rings. The molecule has 0 bridgehead atoms. The Hall–Kier alpha value is -1.16. The fourth-order valence-electron chi connectivity index (χ4n) is 2.03. The Morgan fingerprint density at radius 1 is 1.33 bits per heavy atom. The van der Waals surface area contributed by atoms with Gasteiger partial charge in [0.15, 0.2) is 19.7 Å². The Labute approximate surface area is 124 Å². The highest BCUT2D eigenvalue weighted by molar-refractivity contribution is 7.92. The number of sulfone groups is 2. The maximum atomic E-state index is 12.4. The van der Waals surface area contributed by atoms with Gasteiger partial charge in [-0.3, -0.25) is 9.59 Å². The van der Waals surface area contributed by atoms with Crippen molar-refractivity contribution in [2.75, 3.05) is 24.3 Å². The van der Waals surface area contributed by atoms with Gasteiger partial charge < -0.3 is 10.0 Å². The molecule has 0 aromatic rings. The van der Waals surface area contributed by atoms with E-state index in [9.17, 15) is 26.4 Å². The lowest BCUT2D eigenvalue weighted by Gasteiger charge is -2.38. The van der Waals surface area contributed by atoms with Crippen molar-refractivity contribution in [1.82, 2.24) is 4.90 Å². The van der Waals surface area contributed by atoms with Crippen LogP contribution in [0.4, 0.5) is 0 Å². The van der Waals surface area contributed by atoms with Gasteiger partial charge in [0.25, 0.3) is 0 Å². The first-order valence-corrected chi connectivity index (χ1v) is 9.92. The average molecular weight is 341 g/mol. The Bertz CT molecular complexity index is 648. The fraction of sp³-hybridized carbons (Fsp3) is 0.818. The van der Waals surface area contributed by atoms with Crippen LogP contribution in [-0.2, 0) is 29.3 Å². The van der Waals surface area contributed by atoms with Crippen LogP contribution in [0.5, 0.6) is 0 Å². The maximum absolute atomic E-state index is 12.4. The van der Waals surface area contributed by atoms with Gasteiger partial charge in [0.1, 0.15) is 4.75 Å². The second-order valence-corrected chi connectivity index (χ2v) is 10.4. The zero-order chi connectivity index (χ0) is 16.6. The van der Waals surface area contributed by atoms with Crippen LogP contribution in [0.25, 0.3) is 0 Å². The fourth-order valence-corrected chi connectivity index (χ4v) is 3.99. The first-order valence-electron chi connectivity index (χ1n) is 6.21. The smallest absolute Gasteiger partial charge is 0.305 e. The number of carboxylic acid groups (broad SMARTS) is 1. The van der Waals surface area contributed by atoms with Crippen molar-refractivity contribution in [2.24, 2.45) is 0 Å². The predicted octanol–water partition coefficient (Wildman–Crippen LogP) is -1.09. The van der Waals surface area contributed by atoms with Crippen LogP contribution in [0.3, 0.4) is 0 Å². The number of hydrogen-bond donors (Lipinski definition) is 1. The number of rotatable bonds is 4. The Morgan fingerprint density at radius 2 is 1.86 bits per heavy atom. The summed E-state index contributed by atoms with van der Waals surface area (Å²) in [5.74, 6) is -2.78. The number of amides is 1. The minimum atomic E-state index is -3.72. The highest BCUT2D eigenvalue weighted by Gasteiger charge is 2.45. The van der Waals surface area contributed by atoms with Gasteiger partial charge in [0.05, 0.1) is 24.0 Å². The minimum absolute atomic E-state index is 0.196. The Morgan fingerprint density at radius 3 is 2.29 bits per heavy atom. The van der Waals surface area contributed by atoms with Gasteiger partial charge in [0.2, 0.25) is 5.91 Å². The SMILES string of the molecule is CC(C)(C(=O)N1CCS(=O)(=O)CC1CC(=O)O)S(C)(=O)=O. The summed E-state index contributed by atoms with van der Waals surface area (Å²) < 4.78 is 44.9. The van der Waals surface area contributed by atoms with Crippen LogP contribution in [0.15, 0.2) is 0 Å². The molecule has 1 saturated heterocycles. The lowest BCUT2D eigenvalue weighted by molar-refractivity contribution is -0.141. The van der Waals surface area contributed by atoms with Crippen LogP contribution in [-0.4, -0.2) is 73.8 Å². The van der Waals surface area contributed by atoms with Crippen molar-refractivity contribution in [3.8, 4) is 0 Å². The highest BCUT2D eigenvalue weighted by Crippen LogP contribution is 2.24. The molecule has 0 aromatic carbocycles. The molecule has 1 amide bonds. The number of nitrogens with zero attached hydrogens (tertiary/aromatic N) is 1. The molecule has 1 rings (SSSR count). The van der Waals surface area contributed by atoms with Crippen LogP contribution in [0.1, 0.15) is 20.3 Å². The van der Waals surface area contributed by atoms with E-state index >= 15 is 0 Å². The van der Waals surface area contributed by atoms with E-state index in [1.165, 1.54) is 13.8 Å². The number of hydrogen-bond acceptors (Lipinski definition) is 6. The second kappa shape index (κ2) is 5.56. The molecular formula is C11H19NO7S2. The van der Waals surface area contributed by atoms with Gasteiger partial charge in [-0.25, -0.2) is 16.8 Å². The number of aliphatic carboxylic acids is 1. The minimum Gasteiger partial charge on any atom is -0.481 e. The molecule has 0 radical (unpaired) electrons. The van der Waals surface area contributed by atoms with Crippen LogP contribution >= 0.6 is 0 Å². The molecule has 0 saturated carbocycles. The molecule has 1 atom stereocenters. The molecule has 21 heavy (non-hydrogen) atoms. The summed E-state index contributed by atoms with van der Waals surface area (Å²) in [6.07, 6.45) is 0.378. The first kappa shape index (κ1) is 17.9. The molecule has 1 unspecified atom stereocenters. The van der Waals surface area contributed by atoms with E-state index in [0.29, 0.717) is 0 Å². The summed E-state index contributed by atoms with van der Waals surface area (Å²) in [6.45, 7) is 2.26. The molecule has 8 nitrogen and oxygen atoms in total. The molecule has 1 N–H and O–H groups in total. The molecular weight excluding hydrogens is 322 g/mol. The largest absolute Gasteiger partial charge is 0.481 e. The van der Waals surface area contributed by atoms with Crippen LogP contribution in [0.2, 0.25) is 0 Å². The molecule has 10 heteroatoms. The second-order valence-electron chi connectivity index (χ2n) is 5.65. The van der Waals surface area contributed by atoms with E-state index < -0.39 is 54.5 Å². The summed E-state index contributed by atoms with van der Waals surface area (Å²) in [7, 11) is -7.15. The van der Waals surface area contributed by atoms with Crippen molar-refractivity contribution in [2.45, 2.75) is 31.1 Å². The third-order valence-corrected chi connectivity index (χ3v) is 7.37. The predicted molar refractivity (Wildman–Crippen MR) is 75.3 cm³/mol. The molecule has 0 spiro atoms. The normalized spacial score (nSPS) is 22.8. The zero-order valence-corrected chi connectivity index (χ0v) is 13.7. The van der Waals surface area contributed by atoms with E-state index in [0.717, 1.165) is 11.2 Å². The monoisotopic (exact) mass is 341 g/mol. The van der Waals surface area contributed by atoms with Crippen molar-refractivity contribution in [1.29, 1.82) is 0 Å². The van der Waals surface area contributed by atoms with Gasteiger partial charge in [-0.1, -0.05) is 0 Å². The highest BCUT2D eigenvalue weighted by atomic mass is 32.2. The number of carboxylic acids is 1. The molecule has 0 aromatic heterocycles. The lowest BCUT2D eigenvalue weighted by Crippen LogP contribution is -2.58. The van der Waals surface area contributed by atoms with E-state index in [2.05, 4.69) is 0 Å². The summed E-state index contributed by atoms with van der Waals surface area (Å²) in [5, 5.41) is 8.85. The van der Waals surface area contributed by atoms with Gasteiger partial charge in [0, 0.05) is 12.8 Å². The quantitative estimate of drug-likeness (QED) is 0.688. The summed E-state index contributed by atoms with van der Waals surface area (Å²) in [5.41, 5.74) is 0. The van der Waals surface area contributed by atoms with E-state index in [4.69, 9.17) is 5.11 Å². The van der Waals surface area contributed by atoms with Gasteiger partial charge >= 0.3 is 5.97 Å². The summed E-state index contributed by atoms with van der Waals surface area (Å²) in [4.78, 5) is 24.3. The lowest BCUT2D eigenvalue weighted by atomic mass is 10.1. The third-order valence-electron chi connectivity index (χ3n) is 3.64. The van der Waals surface area contributed by atoms with Crippen LogP contribution < -0.4 is 0 Å². The summed E-state index contributed by atoms with van der Waals surface area (Å²) >= 11 is 0. The van der Waals surface area contributed by atoms with Gasteiger partial charge in [-0.2, -0.15) is 0 Å². The molecule has 0 aliphatic carbocycles. The van der Waals surface area contributed by atoms with Crippen molar-refractivity contribution >= 4 is 31.6 Å². The summed E-state index contributed by atoms with van der Waals surface area (Å²) in [6, 6.07) is -1.05. The van der Waals surface area contributed by atoms with E-state index in [1.54, 1.807) is 0 Å². The van der Waals surface area contributed by atoms with E-state index in [-0.39, 0.29) is 12.3 Å². The number of carbonyl (C=O) groups is 2. The third kappa shape index (κ3) is 3.94. The van der Waals surface area contributed by atoms with Crippen molar-refractivity contribution in [3.63, 3.8) is 0 Å². The topological polar surface area (TPSA) is 126 Å². The molecule has 1 heterocycles. The Kier molecular flexibility index (Phi) is 4.74. The van der Waals surface area contributed by atoms with Crippen molar-refractivity contribution < 1.29 is 31.5 Å². The molecule has 1 fully saturated rings. The van der Waals surface area contributed by atoms with Gasteiger partial charge in [-0.15, -0.1) is 0 Å².